The molecule has 0 aliphatic rings. The summed E-state index contributed by atoms with van der Waals surface area (Å²) in [6, 6.07) is 10.8. The Morgan fingerprint density at radius 1 is 1.36 bits per heavy atom. The van der Waals surface area contributed by atoms with E-state index in [-0.39, 0.29) is 12.2 Å². The number of oxazole rings is 1. The van der Waals surface area contributed by atoms with Gasteiger partial charge in [0, 0.05) is 12.0 Å². The SMILES string of the molecule is C[C@@H](NS(=O)(=O)CCCC#N)c1ncc(-c2ccccc2)o1. The summed E-state index contributed by atoms with van der Waals surface area (Å²) in [6.07, 6.45) is 2.09. The summed E-state index contributed by atoms with van der Waals surface area (Å²) in [5.41, 5.74) is 0.880. The molecule has 22 heavy (non-hydrogen) atoms. The fourth-order valence-electron chi connectivity index (χ4n) is 1.94. The number of hydrogen-bond acceptors (Lipinski definition) is 5. The van der Waals surface area contributed by atoms with Gasteiger partial charge in [0.25, 0.3) is 0 Å². The maximum absolute atomic E-state index is 11.9. The van der Waals surface area contributed by atoms with Crippen molar-refractivity contribution in [1.29, 1.82) is 5.26 Å². The molecule has 0 saturated carbocycles. The molecule has 2 rings (SSSR count). The smallest absolute Gasteiger partial charge is 0.212 e. The van der Waals surface area contributed by atoms with Gasteiger partial charge in [-0.15, -0.1) is 0 Å². The van der Waals surface area contributed by atoms with E-state index in [1.54, 1.807) is 13.1 Å². The van der Waals surface area contributed by atoms with Gasteiger partial charge in [-0.2, -0.15) is 5.26 Å². The van der Waals surface area contributed by atoms with Crippen molar-refractivity contribution in [3.8, 4) is 17.4 Å². The number of rotatable bonds is 7. The number of unbranched alkanes of at least 4 members (excludes halogenated alkanes) is 1. The molecule has 1 N–H and O–H groups in total. The summed E-state index contributed by atoms with van der Waals surface area (Å²) in [7, 11) is -3.46. The zero-order chi connectivity index (χ0) is 16.0. The van der Waals surface area contributed by atoms with Crippen LogP contribution in [-0.2, 0) is 10.0 Å². The molecule has 0 aliphatic carbocycles. The maximum Gasteiger partial charge on any atom is 0.212 e. The molecule has 0 radical (unpaired) electrons. The molecular weight excluding hydrogens is 302 g/mol. The number of benzene rings is 1. The van der Waals surface area contributed by atoms with Crippen LogP contribution in [0, 0.1) is 11.3 Å². The lowest BCUT2D eigenvalue weighted by molar-refractivity contribution is 0.452. The second-order valence-corrected chi connectivity index (χ2v) is 6.72. The van der Waals surface area contributed by atoms with Gasteiger partial charge in [0.15, 0.2) is 5.76 Å². The van der Waals surface area contributed by atoms with E-state index in [9.17, 15) is 8.42 Å². The average molecular weight is 319 g/mol. The van der Waals surface area contributed by atoms with Crippen LogP contribution in [0.1, 0.15) is 31.7 Å². The lowest BCUT2D eigenvalue weighted by Gasteiger charge is -2.10. The third-order valence-corrected chi connectivity index (χ3v) is 4.55. The zero-order valence-corrected chi connectivity index (χ0v) is 13.0. The highest BCUT2D eigenvalue weighted by Crippen LogP contribution is 2.23. The first kappa shape index (κ1) is 16.2. The van der Waals surface area contributed by atoms with E-state index >= 15 is 0 Å². The number of nitrogens with one attached hydrogen (secondary N) is 1. The number of hydrogen-bond donors (Lipinski definition) is 1. The van der Waals surface area contributed by atoms with Crippen molar-refractivity contribution in [3.63, 3.8) is 0 Å². The van der Waals surface area contributed by atoms with Gasteiger partial charge in [-0.3, -0.25) is 0 Å². The molecule has 116 valence electrons. The standard InChI is InChI=1S/C15H17N3O3S/c1-12(18-22(19,20)10-6-5-9-16)15-17-11-14(21-15)13-7-3-2-4-8-13/h2-4,7-8,11-12,18H,5-6,10H2,1H3/t12-/m1/s1. The Labute approximate surface area is 129 Å². The summed E-state index contributed by atoms with van der Waals surface area (Å²) in [5, 5.41) is 8.44. The van der Waals surface area contributed by atoms with Crippen molar-refractivity contribution >= 4 is 10.0 Å². The molecule has 0 unspecified atom stereocenters. The predicted molar refractivity (Wildman–Crippen MR) is 82.1 cm³/mol. The van der Waals surface area contributed by atoms with Gasteiger partial charge in [0.1, 0.15) is 0 Å². The van der Waals surface area contributed by atoms with Crippen LogP contribution in [0.4, 0.5) is 0 Å². The van der Waals surface area contributed by atoms with Crippen LogP contribution < -0.4 is 4.72 Å². The molecule has 0 fully saturated rings. The molecule has 1 atom stereocenters. The Hall–Kier alpha value is -2.17. The van der Waals surface area contributed by atoms with Crippen LogP contribution in [-0.4, -0.2) is 19.2 Å². The summed E-state index contributed by atoms with van der Waals surface area (Å²) in [6.45, 7) is 1.67. The van der Waals surface area contributed by atoms with E-state index in [4.69, 9.17) is 9.68 Å². The molecule has 2 aromatic rings. The number of nitriles is 1. The van der Waals surface area contributed by atoms with E-state index in [1.165, 1.54) is 0 Å². The van der Waals surface area contributed by atoms with Crippen molar-refractivity contribution in [2.75, 3.05) is 5.75 Å². The highest BCUT2D eigenvalue weighted by Gasteiger charge is 2.19. The highest BCUT2D eigenvalue weighted by molar-refractivity contribution is 7.89. The maximum atomic E-state index is 11.9. The molecular formula is C15H17N3O3S. The Balaban J connectivity index is 2.03. The fraction of sp³-hybridized carbons (Fsp3) is 0.333. The van der Waals surface area contributed by atoms with Crippen molar-refractivity contribution < 1.29 is 12.8 Å². The van der Waals surface area contributed by atoms with Crippen LogP contribution in [0.25, 0.3) is 11.3 Å². The Morgan fingerprint density at radius 2 is 2.09 bits per heavy atom. The number of aromatic nitrogens is 1. The van der Waals surface area contributed by atoms with E-state index < -0.39 is 16.1 Å². The largest absolute Gasteiger partial charge is 0.439 e. The van der Waals surface area contributed by atoms with Crippen LogP contribution in [0.5, 0.6) is 0 Å². The molecule has 7 heteroatoms. The molecule has 6 nitrogen and oxygen atoms in total. The lowest BCUT2D eigenvalue weighted by atomic mass is 10.2. The second kappa shape index (κ2) is 7.20. The highest BCUT2D eigenvalue weighted by atomic mass is 32.2. The Morgan fingerprint density at radius 3 is 2.77 bits per heavy atom. The summed E-state index contributed by atoms with van der Waals surface area (Å²) < 4.78 is 31.9. The predicted octanol–water partition coefficient (Wildman–Crippen LogP) is 2.63. The van der Waals surface area contributed by atoms with Crippen molar-refractivity contribution in [2.24, 2.45) is 0 Å². The van der Waals surface area contributed by atoms with Gasteiger partial charge in [-0.25, -0.2) is 18.1 Å². The molecule has 0 bridgehead atoms. The van der Waals surface area contributed by atoms with Crippen LogP contribution in [0.2, 0.25) is 0 Å². The molecule has 0 saturated heterocycles. The van der Waals surface area contributed by atoms with Crippen LogP contribution in [0.15, 0.2) is 40.9 Å². The van der Waals surface area contributed by atoms with Gasteiger partial charge in [-0.05, 0) is 13.3 Å². The zero-order valence-electron chi connectivity index (χ0n) is 12.2. The van der Waals surface area contributed by atoms with Gasteiger partial charge in [0.2, 0.25) is 15.9 Å². The van der Waals surface area contributed by atoms with E-state index in [1.807, 2.05) is 36.4 Å². The minimum atomic E-state index is -3.46. The third kappa shape index (κ3) is 4.41. The Kier molecular flexibility index (Phi) is 5.31. The first-order valence-corrected chi connectivity index (χ1v) is 8.55. The van der Waals surface area contributed by atoms with Gasteiger partial charge in [0.05, 0.1) is 24.1 Å². The fourth-order valence-corrected chi connectivity index (χ4v) is 3.23. The molecule has 1 aromatic carbocycles. The average Bonchev–Trinajstić information content (AvgIpc) is 2.98. The lowest BCUT2D eigenvalue weighted by Crippen LogP contribution is -2.29. The molecule has 0 amide bonds. The minimum absolute atomic E-state index is 0.0862. The normalized spacial score (nSPS) is 12.7. The van der Waals surface area contributed by atoms with E-state index in [0.29, 0.717) is 18.1 Å². The van der Waals surface area contributed by atoms with Crippen molar-refractivity contribution in [3.05, 3.63) is 42.4 Å². The molecule has 0 aliphatic heterocycles. The number of sulfonamides is 1. The first-order chi connectivity index (χ1) is 10.5. The van der Waals surface area contributed by atoms with Crippen molar-refractivity contribution in [2.45, 2.75) is 25.8 Å². The van der Waals surface area contributed by atoms with Crippen LogP contribution in [0.3, 0.4) is 0 Å². The third-order valence-electron chi connectivity index (χ3n) is 3.01. The topological polar surface area (TPSA) is 96.0 Å². The van der Waals surface area contributed by atoms with Crippen LogP contribution >= 0.6 is 0 Å². The minimum Gasteiger partial charge on any atom is -0.439 e. The van der Waals surface area contributed by atoms with Gasteiger partial charge >= 0.3 is 0 Å². The number of nitrogens with zero attached hydrogens (tertiary/aromatic N) is 2. The van der Waals surface area contributed by atoms with Gasteiger partial charge in [-0.1, -0.05) is 30.3 Å². The van der Waals surface area contributed by atoms with E-state index in [0.717, 1.165) is 5.56 Å². The molecule has 0 spiro atoms. The van der Waals surface area contributed by atoms with Gasteiger partial charge < -0.3 is 4.42 Å². The molecule has 1 aromatic heterocycles. The quantitative estimate of drug-likeness (QED) is 0.791. The first-order valence-electron chi connectivity index (χ1n) is 6.90. The second-order valence-electron chi connectivity index (χ2n) is 4.85. The van der Waals surface area contributed by atoms with E-state index in [2.05, 4.69) is 9.71 Å². The van der Waals surface area contributed by atoms with Crippen molar-refractivity contribution in [1.82, 2.24) is 9.71 Å². The summed E-state index contributed by atoms with van der Waals surface area (Å²) >= 11 is 0. The Bertz CT molecular complexity index is 748. The monoisotopic (exact) mass is 319 g/mol. The summed E-state index contributed by atoms with van der Waals surface area (Å²) in [5.74, 6) is 0.811. The molecule has 1 heterocycles. The summed E-state index contributed by atoms with van der Waals surface area (Å²) in [4.78, 5) is 4.13.